The van der Waals surface area contributed by atoms with E-state index in [-0.39, 0.29) is 5.82 Å². The van der Waals surface area contributed by atoms with Gasteiger partial charge in [-0.15, -0.1) is 11.3 Å². The second-order valence-electron chi connectivity index (χ2n) is 2.36. The topological polar surface area (TPSA) is 0 Å². The van der Waals surface area contributed by atoms with E-state index in [9.17, 15) is 4.39 Å². The number of rotatable bonds is 0. The number of hydrogen-bond donors (Lipinski definition) is 0. The molecular weight excluding hydrogens is 401 g/mol. The summed E-state index contributed by atoms with van der Waals surface area (Å²) in [6.45, 7) is 0. The summed E-state index contributed by atoms with van der Waals surface area (Å²) in [6, 6.07) is 5.57. The van der Waals surface area contributed by atoms with Crippen molar-refractivity contribution in [1.29, 1.82) is 0 Å². The third-order valence-electron chi connectivity index (χ3n) is 1.51. The van der Waals surface area contributed by atoms with E-state index in [1.807, 2.05) is 12.1 Å². The monoisotopic (exact) mass is 404 g/mol. The second-order valence-corrected chi connectivity index (χ2v) is 6.55. The molecule has 0 aliphatic heterocycles. The van der Waals surface area contributed by atoms with Gasteiger partial charge >= 0.3 is 0 Å². The first-order valence-corrected chi connectivity index (χ1v) is 6.18. The Morgan fingerprint density at radius 1 is 1.17 bits per heavy atom. The lowest BCUT2D eigenvalue weighted by Gasteiger charge is -1.92. The summed E-state index contributed by atoms with van der Waals surface area (Å²) in [5.41, 5.74) is 0. The summed E-state index contributed by atoms with van der Waals surface area (Å²) in [7, 11) is 0. The smallest absolute Gasteiger partial charge is 0.142 e. The molecular formula is C8H3FI2S. The number of benzene rings is 1. The van der Waals surface area contributed by atoms with Gasteiger partial charge in [-0.2, -0.15) is 0 Å². The van der Waals surface area contributed by atoms with Gasteiger partial charge in [0, 0.05) is 3.57 Å². The Hall–Kier alpha value is 0.570. The van der Waals surface area contributed by atoms with Gasteiger partial charge < -0.3 is 0 Å². The normalized spacial score (nSPS) is 10.9. The minimum atomic E-state index is -0.107. The molecule has 0 saturated heterocycles. The number of thiophene rings is 1. The van der Waals surface area contributed by atoms with Crippen LogP contribution in [0.4, 0.5) is 4.39 Å². The summed E-state index contributed by atoms with van der Waals surface area (Å²) < 4.78 is 16.1. The maximum atomic E-state index is 13.3. The molecule has 12 heavy (non-hydrogen) atoms. The molecule has 62 valence electrons. The predicted octanol–water partition coefficient (Wildman–Crippen LogP) is 4.25. The molecule has 4 heteroatoms. The molecule has 0 saturated carbocycles. The molecule has 2 aromatic rings. The third kappa shape index (κ3) is 1.60. The van der Waals surface area contributed by atoms with Crippen LogP contribution in [0.2, 0.25) is 0 Å². The molecule has 2 rings (SSSR count). The molecule has 0 aliphatic carbocycles. The summed E-state index contributed by atoms with van der Waals surface area (Å²) >= 11 is 5.83. The van der Waals surface area contributed by atoms with Crippen LogP contribution in [0, 0.1) is 12.3 Å². The highest BCUT2D eigenvalue weighted by molar-refractivity contribution is 14.1. The van der Waals surface area contributed by atoms with Gasteiger partial charge in [0.15, 0.2) is 0 Å². The van der Waals surface area contributed by atoms with Crippen molar-refractivity contribution >= 4 is 66.6 Å². The standard InChI is InChI=1S/C8H3FI2S/c9-6-3-5(10)1-4-2-7(11)12-8(4)6/h1-3H. The van der Waals surface area contributed by atoms with Gasteiger partial charge in [0.2, 0.25) is 0 Å². The summed E-state index contributed by atoms with van der Waals surface area (Å²) in [6.07, 6.45) is 0. The average Bonchev–Trinajstić information content (AvgIpc) is 2.29. The summed E-state index contributed by atoms with van der Waals surface area (Å²) in [4.78, 5) is 0. The van der Waals surface area contributed by atoms with Gasteiger partial charge in [0.05, 0.1) is 7.58 Å². The van der Waals surface area contributed by atoms with Crippen LogP contribution in [0.15, 0.2) is 18.2 Å². The van der Waals surface area contributed by atoms with Crippen molar-refractivity contribution in [2.75, 3.05) is 0 Å². The largest absolute Gasteiger partial charge is 0.205 e. The van der Waals surface area contributed by atoms with Gasteiger partial charge in [0.1, 0.15) is 5.82 Å². The van der Waals surface area contributed by atoms with Crippen LogP contribution in [0.3, 0.4) is 0 Å². The third-order valence-corrected chi connectivity index (χ3v) is 4.05. The van der Waals surface area contributed by atoms with Crippen LogP contribution in [0.5, 0.6) is 0 Å². The molecule has 0 amide bonds. The molecule has 0 aliphatic rings. The lowest BCUT2D eigenvalue weighted by atomic mass is 10.3. The molecule has 0 nitrogen and oxygen atoms in total. The van der Waals surface area contributed by atoms with Crippen LogP contribution in [-0.4, -0.2) is 0 Å². The molecule has 0 fully saturated rings. The number of fused-ring (bicyclic) bond motifs is 1. The minimum absolute atomic E-state index is 0.107. The van der Waals surface area contributed by atoms with Crippen molar-refractivity contribution in [2.24, 2.45) is 0 Å². The van der Waals surface area contributed by atoms with Crippen molar-refractivity contribution < 1.29 is 4.39 Å². The van der Waals surface area contributed by atoms with Crippen molar-refractivity contribution in [3.8, 4) is 0 Å². The van der Waals surface area contributed by atoms with Crippen molar-refractivity contribution in [3.63, 3.8) is 0 Å². The van der Waals surface area contributed by atoms with E-state index in [1.54, 1.807) is 6.07 Å². The maximum absolute atomic E-state index is 13.3. The first-order valence-electron chi connectivity index (χ1n) is 3.21. The van der Waals surface area contributed by atoms with E-state index in [0.717, 1.165) is 16.5 Å². The highest BCUT2D eigenvalue weighted by Gasteiger charge is 2.05. The van der Waals surface area contributed by atoms with E-state index in [1.165, 1.54) is 11.3 Å². The molecule has 1 heterocycles. The van der Waals surface area contributed by atoms with Crippen LogP contribution < -0.4 is 0 Å². The maximum Gasteiger partial charge on any atom is 0.142 e. The Kier molecular flexibility index (Phi) is 2.57. The highest BCUT2D eigenvalue weighted by Crippen LogP contribution is 2.30. The fraction of sp³-hybridized carbons (Fsp3) is 0. The lowest BCUT2D eigenvalue weighted by Crippen LogP contribution is -1.75. The van der Waals surface area contributed by atoms with E-state index in [4.69, 9.17) is 0 Å². The van der Waals surface area contributed by atoms with Crippen LogP contribution in [0.25, 0.3) is 10.1 Å². The van der Waals surface area contributed by atoms with Crippen LogP contribution in [-0.2, 0) is 0 Å². The molecule has 1 aromatic carbocycles. The predicted molar refractivity (Wildman–Crippen MR) is 67.2 cm³/mol. The first kappa shape index (κ1) is 9.14. The number of hydrogen-bond acceptors (Lipinski definition) is 1. The fourth-order valence-electron chi connectivity index (χ4n) is 1.04. The summed E-state index contributed by atoms with van der Waals surface area (Å²) in [5.74, 6) is -0.107. The second kappa shape index (κ2) is 3.38. The quantitative estimate of drug-likeness (QED) is 0.577. The molecule has 0 unspecified atom stereocenters. The van der Waals surface area contributed by atoms with Crippen molar-refractivity contribution in [3.05, 3.63) is 30.5 Å². The highest BCUT2D eigenvalue weighted by atomic mass is 127. The zero-order chi connectivity index (χ0) is 8.72. The van der Waals surface area contributed by atoms with Crippen LogP contribution >= 0.6 is 56.5 Å². The Morgan fingerprint density at radius 2 is 1.92 bits per heavy atom. The Bertz CT molecular complexity index is 436. The summed E-state index contributed by atoms with van der Waals surface area (Å²) in [5, 5.41) is 1.01. The first-order chi connectivity index (χ1) is 5.66. The van der Waals surface area contributed by atoms with Gasteiger partial charge in [-0.3, -0.25) is 0 Å². The van der Waals surface area contributed by atoms with Gasteiger partial charge in [-0.05, 0) is 68.8 Å². The van der Waals surface area contributed by atoms with Gasteiger partial charge in [0.25, 0.3) is 0 Å². The van der Waals surface area contributed by atoms with E-state index < -0.39 is 0 Å². The molecule has 0 atom stereocenters. The Labute approximate surface area is 100 Å². The van der Waals surface area contributed by atoms with E-state index in [0.29, 0.717) is 0 Å². The Morgan fingerprint density at radius 3 is 2.67 bits per heavy atom. The molecule has 0 bridgehead atoms. The number of halogens is 3. The van der Waals surface area contributed by atoms with Gasteiger partial charge in [-0.1, -0.05) is 0 Å². The fourth-order valence-corrected chi connectivity index (χ4v) is 3.42. The van der Waals surface area contributed by atoms with Gasteiger partial charge in [-0.25, -0.2) is 4.39 Å². The SMILES string of the molecule is Fc1cc(I)cc2cc(I)sc12. The van der Waals surface area contributed by atoms with Crippen molar-refractivity contribution in [1.82, 2.24) is 0 Å². The Balaban J connectivity index is 2.88. The molecule has 0 radical (unpaired) electrons. The molecule has 0 N–H and O–H groups in total. The molecule has 1 aromatic heterocycles. The zero-order valence-corrected chi connectivity index (χ0v) is 10.9. The average molecular weight is 404 g/mol. The lowest BCUT2D eigenvalue weighted by molar-refractivity contribution is 0.641. The molecule has 0 spiro atoms. The zero-order valence-electron chi connectivity index (χ0n) is 5.77. The van der Waals surface area contributed by atoms with E-state index in [2.05, 4.69) is 45.2 Å². The van der Waals surface area contributed by atoms with Crippen molar-refractivity contribution in [2.45, 2.75) is 0 Å². The minimum Gasteiger partial charge on any atom is -0.205 e. The van der Waals surface area contributed by atoms with Crippen LogP contribution in [0.1, 0.15) is 0 Å². The van der Waals surface area contributed by atoms with E-state index >= 15 is 0 Å².